The van der Waals surface area contributed by atoms with Crippen molar-refractivity contribution in [2.75, 3.05) is 0 Å². The van der Waals surface area contributed by atoms with Crippen LogP contribution in [0.25, 0.3) is 0 Å². The second-order valence-electron chi connectivity index (χ2n) is 11.4. The molecule has 0 aromatic carbocycles. The largest absolute Gasteiger partial charge is 2.00 e. The Balaban J connectivity index is 0.000000523. The fourth-order valence-corrected chi connectivity index (χ4v) is 2.52. The SMILES string of the molecule is CC(C)(C)c1n[n-]c(C(C)(C)C)c1F.CC(C)(C)c1n[n-]c(C(C)(C)C)c1F.[Cu+2]. The average Bonchev–Trinajstić information content (AvgIpc) is 2.99. The summed E-state index contributed by atoms with van der Waals surface area (Å²) in [4.78, 5) is 0. The van der Waals surface area contributed by atoms with Crippen LogP contribution in [0.2, 0.25) is 0 Å². The van der Waals surface area contributed by atoms with E-state index in [0.717, 1.165) is 0 Å². The summed E-state index contributed by atoms with van der Waals surface area (Å²) < 4.78 is 27.8. The van der Waals surface area contributed by atoms with Gasteiger partial charge in [0.1, 0.15) is 11.6 Å². The third-order valence-corrected chi connectivity index (χ3v) is 4.17. The second kappa shape index (κ2) is 8.89. The summed E-state index contributed by atoms with van der Waals surface area (Å²) >= 11 is 0. The molecule has 0 bridgehead atoms. The zero-order valence-electron chi connectivity index (χ0n) is 19.8. The monoisotopic (exact) mass is 457 g/mol. The van der Waals surface area contributed by atoms with Crippen LogP contribution in [-0.4, -0.2) is 10.2 Å². The molecule has 1 radical (unpaired) electrons. The smallest absolute Gasteiger partial charge is 0.576 e. The van der Waals surface area contributed by atoms with Crippen molar-refractivity contribution in [2.45, 2.75) is 105 Å². The molecule has 0 fully saturated rings. The van der Waals surface area contributed by atoms with Gasteiger partial charge in [0.2, 0.25) is 0 Å². The maximum absolute atomic E-state index is 13.9. The Labute approximate surface area is 185 Å². The van der Waals surface area contributed by atoms with E-state index in [0.29, 0.717) is 22.8 Å². The van der Waals surface area contributed by atoms with Crippen LogP contribution >= 0.6 is 0 Å². The van der Waals surface area contributed by atoms with Gasteiger partial charge in [0.15, 0.2) is 0 Å². The van der Waals surface area contributed by atoms with Crippen molar-refractivity contribution in [1.29, 1.82) is 0 Å². The van der Waals surface area contributed by atoms with Crippen molar-refractivity contribution in [2.24, 2.45) is 0 Å². The normalized spacial score (nSPS) is 12.9. The molecule has 0 N–H and O–H groups in total. The van der Waals surface area contributed by atoms with Crippen molar-refractivity contribution in [1.82, 2.24) is 20.4 Å². The molecule has 2 heterocycles. The number of hydrogen-bond acceptors (Lipinski definition) is 2. The Kier molecular flexibility index (Phi) is 8.52. The summed E-state index contributed by atoms with van der Waals surface area (Å²) in [6.07, 6.45) is 0. The molecule has 7 heteroatoms. The Morgan fingerprint density at radius 2 is 0.759 bits per heavy atom. The van der Waals surface area contributed by atoms with E-state index in [1.165, 1.54) is 0 Å². The van der Waals surface area contributed by atoms with E-state index < -0.39 is 0 Å². The zero-order valence-corrected chi connectivity index (χ0v) is 20.8. The fraction of sp³-hybridized carbons (Fsp3) is 0.727. The molecular formula is C22H36CuF2N4. The van der Waals surface area contributed by atoms with Gasteiger partial charge in [-0.3, -0.25) is 0 Å². The maximum Gasteiger partial charge on any atom is 2.00 e. The van der Waals surface area contributed by atoms with Gasteiger partial charge in [0, 0.05) is 10.8 Å². The predicted octanol–water partition coefficient (Wildman–Crippen LogP) is 5.54. The molecule has 0 unspecified atom stereocenters. The quantitative estimate of drug-likeness (QED) is 0.487. The standard InChI is InChI=1S/2C11H18FN2.Cu/c2*1-10(2,3)8-7(12)9(14-13-8)11(4,5)6;/h2*1-6H3;/q2*-1;+2. The molecule has 0 saturated carbocycles. The van der Waals surface area contributed by atoms with Crippen LogP contribution in [0.15, 0.2) is 0 Å². The molecule has 0 aliphatic heterocycles. The van der Waals surface area contributed by atoms with Gasteiger partial charge in [-0.05, 0) is 10.8 Å². The summed E-state index contributed by atoms with van der Waals surface area (Å²) in [6.45, 7) is 23.2. The molecule has 4 nitrogen and oxygen atoms in total. The van der Waals surface area contributed by atoms with Crippen LogP contribution in [0.4, 0.5) is 8.78 Å². The molecule has 2 rings (SSSR count). The Morgan fingerprint density at radius 3 is 0.862 bits per heavy atom. The fourth-order valence-electron chi connectivity index (χ4n) is 2.52. The van der Waals surface area contributed by atoms with Gasteiger partial charge >= 0.3 is 17.1 Å². The van der Waals surface area contributed by atoms with E-state index in [1.54, 1.807) is 0 Å². The minimum atomic E-state index is -0.277. The summed E-state index contributed by atoms with van der Waals surface area (Å²) in [5.41, 5.74) is 0.734. The van der Waals surface area contributed by atoms with Crippen LogP contribution in [0.1, 0.15) is 106 Å². The molecule has 0 atom stereocenters. The first-order valence-corrected chi connectivity index (χ1v) is 9.67. The van der Waals surface area contributed by atoms with Crippen molar-refractivity contribution in [3.63, 3.8) is 0 Å². The molecule has 2 aromatic heterocycles. The second-order valence-corrected chi connectivity index (χ2v) is 11.4. The summed E-state index contributed by atoms with van der Waals surface area (Å²) in [5, 5.41) is 15.7. The van der Waals surface area contributed by atoms with Crippen molar-refractivity contribution in [3.05, 3.63) is 34.4 Å². The molecular weight excluding hydrogens is 422 g/mol. The van der Waals surface area contributed by atoms with Crippen molar-refractivity contribution >= 4 is 0 Å². The Morgan fingerprint density at radius 1 is 0.517 bits per heavy atom. The Hall–Kier alpha value is -1.20. The van der Waals surface area contributed by atoms with Gasteiger partial charge in [-0.2, -0.15) is 0 Å². The van der Waals surface area contributed by atoms with Gasteiger partial charge in [-0.15, -0.1) is 11.4 Å². The van der Waals surface area contributed by atoms with Gasteiger partial charge < -0.3 is 20.4 Å². The van der Waals surface area contributed by atoms with Crippen LogP contribution in [0.5, 0.6) is 0 Å². The maximum atomic E-state index is 13.9. The number of hydrogen-bond donors (Lipinski definition) is 0. The number of halogens is 2. The van der Waals surface area contributed by atoms with Gasteiger partial charge in [-0.1, -0.05) is 83.1 Å². The zero-order chi connectivity index (χ0) is 22.3. The first-order valence-electron chi connectivity index (χ1n) is 9.67. The molecule has 169 valence electrons. The van der Waals surface area contributed by atoms with E-state index in [2.05, 4.69) is 20.4 Å². The third-order valence-electron chi connectivity index (χ3n) is 4.17. The van der Waals surface area contributed by atoms with Crippen LogP contribution in [0.3, 0.4) is 0 Å². The Bertz CT molecular complexity index is 664. The molecule has 0 spiro atoms. The van der Waals surface area contributed by atoms with Gasteiger partial charge in [-0.25, -0.2) is 8.78 Å². The molecule has 29 heavy (non-hydrogen) atoms. The molecule has 0 aliphatic rings. The van der Waals surface area contributed by atoms with E-state index in [-0.39, 0.29) is 50.4 Å². The van der Waals surface area contributed by atoms with E-state index >= 15 is 0 Å². The predicted molar refractivity (Wildman–Crippen MR) is 110 cm³/mol. The van der Waals surface area contributed by atoms with Crippen LogP contribution < -0.4 is 10.2 Å². The van der Waals surface area contributed by atoms with Crippen LogP contribution in [-0.2, 0) is 38.7 Å². The minimum Gasteiger partial charge on any atom is -0.576 e. The minimum absolute atomic E-state index is 0. The van der Waals surface area contributed by atoms with Crippen molar-refractivity contribution in [3.8, 4) is 0 Å². The molecule has 0 amide bonds. The van der Waals surface area contributed by atoms with Crippen LogP contribution in [0, 0.1) is 11.6 Å². The molecule has 0 aliphatic carbocycles. The number of nitrogens with zero attached hydrogens (tertiary/aromatic N) is 4. The first-order chi connectivity index (χ1) is 12.3. The van der Waals surface area contributed by atoms with E-state index in [9.17, 15) is 8.78 Å². The first kappa shape index (κ1) is 27.8. The van der Waals surface area contributed by atoms with Crippen molar-refractivity contribution < 1.29 is 25.8 Å². The summed E-state index contributed by atoms with van der Waals surface area (Å²) in [5.74, 6) is -0.491. The number of rotatable bonds is 0. The molecule has 0 saturated heterocycles. The number of aromatic nitrogens is 4. The van der Waals surface area contributed by atoms with E-state index in [4.69, 9.17) is 0 Å². The third kappa shape index (κ3) is 6.92. The molecule has 2 aromatic rings. The van der Waals surface area contributed by atoms with Gasteiger partial charge in [0.25, 0.3) is 0 Å². The summed E-state index contributed by atoms with van der Waals surface area (Å²) in [7, 11) is 0. The summed E-state index contributed by atoms with van der Waals surface area (Å²) in [6, 6.07) is 0. The van der Waals surface area contributed by atoms with E-state index in [1.807, 2.05) is 83.1 Å². The topological polar surface area (TPSA) is 54.0 Å². The van der Waals surface area contributed by atoms with Gasteiger partial charge in [0.05, 0.1) is 11.4 Å². The average molecular weight is 458 g/mol.